The minimum atomic E-state index is -0.194. The van der Waals surface area contributed by atoms with Crippen LogP contribution in [0.2, 0.25) is 0 Å². The summed E-state index contributed by atoms with van der Waals surface area (Å²) in [5, 5.41) is 2.09. The van der Waals surface area contributed by atoms with E-state index in [2.05, 4.69) is 16.0 Å². The average Bonchev–Trinajstić information content (AvgIpc) is 3.36. The molecule has 0 saturated carbocycles. The van der Waals surface area contributed by atoms with Crippen molar-refractivity contribution in [2.24, 2.45) is 0 Å². The van der Waals surface area contributed by atoms with Crippen LogP contribution in [-0.4, -0.2) is 36.6 Å². The molecule has 0 spiro atoms. The van der Waals surface area contributed by atoms with Crippen LogP contribution in [0, 0.1) is 5.82 Å². The van der Waals surface area contributed by atoms with Crippen molar-refractivity contribution in [3.8, 4) is 5.75 Å². The molecule has 0 atom stereocenters. The molecule has 2 aromatic heterocycles. The van der Waals surface area contributed by atoms with Crippen molar-refractivity contribution in [2.45, 2.75) is 12.8 Å². The highest BCUT2D eigenvalue weighted by molar-refractivity contribution is 5.92. The number of nitrogens with one attached hydrogen (secondary N) is 1. The van der Waals surface area contributed by atoms with E-state index in [0.29, 0.717) is 0 Å². The van der Waals surface area contributed by atoms with Crippen LogP contribution in [0.1, 0.15) is 17.5 Å². The van der Waals surface area contributed by atoms with E-state index in [4.69, 9.17) is 9.15 Å². The molecule has 2 aromatic carbocycles. The molecule has 4 aromatic rings. The fourth-order valence-electron chi connectivity index (χ4n) is 4.18. The van der Waals surface area contributed by atoms with Gasteiger partial charge in [0.05, 0.1) is 13.4 Å². The standard InChI is InChI=1S/C24H23FN2O2/c1-28-19-3-5-24-20(13-19)17(15-29-24)8-11-27-9-6-16(7-10-27)22-14-26-23-4-2-18(25)12-21(22)23/h2-6,12-15,26H,7-11H2,1H3. The van der Waals surface area contributed by atoms with Gasteiger partial charge < -0.3 is 14.1 Å². The summed E-state index contributed by atoms with van der Waals surface area (Å²) >= 11 is 0. The number of H-pyrrole nitrogens is 1. The Morgan fingerprint density at radius 1 is 1.17 bits per heavy atom. The summed E-state index contributed by atoms with van der Waals surface area (Å²) in [5.74, 6) is 0.654. The molecule has 5 heteroatoms. The van der Waals surface area contributed by atoms with Crippen molar-refractivity contribution < 1.29 is 13.5 Å². The molecular weight excluding hydrogens is 367 g/mol. The summed E-state index contributed by atoms with van der Waals surface area (Å²) in [7, 11) is 1.68. The zero-order valence-corrected chi connectivity index (χ0v) is 16.4. The van der Waals surface area contributed by atoms with Gasteiger partial charge in [-0.3, -0.25) is 4.90 Å². The summed E-state index contributed by atoms with van der Waals surface area (Å²) < 4.78 is 24.7. The summed E-state index contributed by atoms with van der Waals surface area (Å²) in [5.41, 5.74) is 5.49. The fraction of sp³-hybridized carbons (Fsp3) is 0.250. The number of benzene rings is 2. The SMILES string of the molecule is COc1ccc2occ(CCN3CC=C(c4c[nH]c5ccc(F)cc45)CC3)c2c1. The Labute approximate surface area is 168 Å². The van der Waals surface area contributed by atoms with E-state index < -0.39 is 0 Å². The number of hydrogen-bond donors (Lipinski definition) is 1. The first kappa shape index (κ1) is 18.0. The Bertz CT molecular complexity index is 1200. The summed E-state index contributed by atoms with van der Waals surface area (Å²) in [6, 6.07) is 10.8. The van der Waals surface area contributed by atoms with E-state index in [9.17, 15) is 4.39 Å². The van der Waals surface area contributed by atoms with E-state index in [1.807, 2.05) is 30.7 Å². The van der Waals surface area contributed by atoms with Crippen LogP contribution in [0.25, 0.3) is 27.4 Å². The predicted molar refractivity (Wildman–Crippen MR) is 114 cm³/mol. The van der Waals surface area contributed by atoms with Gasteiger partial charge in [-0.25, -0.2) is 4.39 Å². The van der Waals surface area contributed by atoms with Gasteiger partial charge in [0.2, 0.25) is 0 Å². The second-order valence-corrected chi connectivity index (χ2v) is 7.55. The number of halogens is 1. The first-order valence-electron chi connectivity index (χ1n) is 9.94. The van der Waals surface area contributed by atoms with Crippen molar-refractivity contribution >= 4 is 27.4 Å². The number of hydrogen-bond acceptors (Lipinski definition) is 3. The Kier molecular flexibility index (Phi) is 4.60. The zero-order chi connectivity index (χ0) is 19.8. The van der Waals surface area contributed by atoms with Crippen LogP contribution in [0.4, 0.5) is 4.39 Å². The topological polar surface area (TPSA) is 41.4 Å². The molecule has 1 aliphatic heterocycles. The third-order valence-electron chi connectivity index (χ3n) is 5.84. The van der Waals surface area contributed by atoms with Gasteiger partial charge in [-0.15, -0.1) is 0 Å². The molecule has 0 bridgehead atoms. The minimum absolute atomic E-state index is 0.194. The van der Waals surface area contributed by atoms with Crippen LogP contribution in [0.5, 0.6) is 5.75 Å². The maximum atomic E-state index is 13.7. The van der Waals surface area contributed by atoms with Crippen LogP contribution in [0.15, 0.2) is 59.4 Å². The lowest BCUT2D eigenvalue weighted by Crippen LogP contribution is -2.30. The minimum Gasteiger partial charge on any atom is -0.497 e. The van der Waals surface area contributed by atoms with Crippen LogP contribution >= 0.6 is 0 Å². The molecule has 0 fully saturated rings. The molecular formula is C24H23FN2O2. The third-order valence-corrected chi connectivity index (χ3v) is 5.84. The number of nitrogens with zero attached hydrogens (tertiary/aromatic N) is 1. The zero-order valence-electron chi connectivity index (χ0n) is 16.4. The number of aromatic amines is 1. The molecule has 1 N–H and O–H groups in total. The lowest BCUT2D eigenvalue weighted by Gasteiger charge is -2.26. The molecule has 1 aliphatic rings. The number of furan rings is 1. The van der Waals surface area contributed by atoms with E-state index in [0.717, 1.165) is 65.7 Å². The molecule has 4 nitrogen and oxygen atoms in total. The first-order valence-corrected chi connectivity index (χ1v) is 9.94. The second-order valence-electron chi connectivity index (χ2n) is 7.55. The van der Waals surface area contributed by atoms with E-state index in [1.54, 1.807) is 19.2 Å². The Hall–Kier alpha value is -3.05. The Balaban J connectivity index is 1.28. The van der Waals surface area contributed by atoms with Gasteiger partial charge in [-0.2, -0.15) is 0 Å². The highest BCUT2D eigenvalue weighted by Crippen LogP contribution is 2.30. The third kappa shape index (κ3) is 3.42. The van der Waals surface area contributed by atoms with Crippen molar-refractivity contribution in [3.05, 3.63) is 71.9 Å². The molecule has 0 radical (unpaired) electrons. The molecule has 0 saturated heterocycles. The largest absolute Gasteiger partial charge is 0.497 e. The predicted octanol–water partition coefficient (Wildman–Crippen LogP) is 5.39. The lowest BCUT2D eigenvalue weighted by atomic mass is 9.98. The Morgan fingerprint density at radius 3 is 2.93 bits per heavy atom. The Morgan fingerprint density at radius 2 is 2.10 bits per heavy atom. The fourth-order valence-corrected chi connectivity index (χ4v) is 4.18. The summed E-state index contributed by atoms with van der Waals surface area (Å²) in [6.45, 7) is 2.86. The van der Waals surface area contributed by atoms with Gasteiger partial charge in [0.1, 0.15) is 17.1 Å². The van der Waals surface area contributed by atoms with E-state index in [1.165, 1.54) is 17.2 Å². The first-order chi connectivity index (χ1) is 14.2. The molecule has 5 rings (SSSR count). The van der Waals surface area contributed by atoms with E-state index >= 15 is 0 Å². The van der Waals surface area contributed by atoms with Crippen molar-refractivity contribution in [1.82, 2.24) is 9.88 Å². The normalized spacial score (nSPS) is 15.2. The van der Waals surface area contributed by atoms with Gasteiger partial charge in [0, 0.05) is 47.7 Å². The number of fused-ring (bicyclic) bond motifs is 2. The molecule has 0 amide bonds. The van der Waals surface area contributed by atoms with Crippen molar-refractivity contribution in [2.75, 3.05) is 26.7 Å². The number of aromatic nitrogens is 1. The highest BCUT2D eigenvalue weighted by atomic mass is 19.1. The van der Waals surface area contributed by atoms with Crippen molar-refractivity contribution in [3.63, 3.8) is 0 Å². The van der Waals surface area contributed by atoms with Crippen LogP contribution in [-0.2, 0) is 6.42 Å². The molecule has 3 heterocycles. The number of methoxy groups -OCH3 is 1. The van der Waals surface area contributed by atoms with Crippen molar-refractivity contribution in [1.29, 1.82) is 0 Å². The quantitative estimate of drug-likeness (QED) is 0.496. The molecule has 148 valence electrons. The van der Waals surface area contributed by atoms with Gasteiger partial charge in [-0.1, -0.05) is 6.08 Å². The number of rotatable bonds is 5. The summed E-state index contributed by atoms with van der Waals surface area (Å²) in [4.78, 5) is 5.69. The van der Waals surface area contributed by atoms with Gasteiger partial charge in [-0.05, 0) is 60.4 Å². The maximum Gasteiger partial charge on any atom is 0.134 e. The molecule has 0 aliphatic carbocycles. The average molecular weight is 390 g/mol. The van der Waals surface area contributed by atoms with Gasteiger partial charge in [0.15, 0.2) is 0 Å². The van der Waals surface area contributed by atoms with Crippen LogP contribution < -0.4 is 4.74 Å². The van der Waals surface area contributed by atoms with Crippen LogP contribution in [0.3, 0.4) is 0 Å². The summed E-state index contributed by atoms with van der Waals surface area (Å²) in [6.07, 6.45) is 8.02. The number of ether oxygens (including phenoxy) is 1. The second kappa shape index (κ2) is 7.41. The van der Waals surface area contributed by atoms with E-state index in [-0.39, 0.29) is 5.82 Å². The van der Waals surface area contributed by atoms with Gasteiger partial charge in [0.25, 0.3) is 0 Å². The monoisotopic (exact) mass is 390 g/mol. The maximum absolute atomic E-state index is 13.7. The highest BCUT2D eigenvalue weighted by Gasteiger charge is 2.17. The van der Waals surface area contributed by atoms with Gasteiger partial charge >= 0.3 is 0 Å². The lowest BCUT2D eigenvalue weighted by molar-refractivity contribution is 0.306. The smallest absolute Gasteiger partial charge is 0.134 e. The molecule has 29 heavy (non-hydrogen) atoms. The molecule has 0 unspecified atom stereocenters.